The van der Waals surface area contributed by atoms with Gasteiger partial charge in [-0.15, -0.1) is 0 Å². The summed E-state index contributed by atoms with van der Waals surface area (Å²) in [5, 5.41) is 0. The molecule has 1 heterocycles. The van der Waals surface area contributed by atoms with E-state index in [2.05, 4.69) is 28.9 Å². The topological polar surface area (TPSA) is 12.5 Å². The third-order valence-corrected chi connectivity index (χ3v) is 3.81. The molecule has 0 spiro atoms. The van der Waals surface area contributed by atoms with Gasteiger partial charge in [0.1, 0.15) is 5.75 Å². The molecule has 0 aliphatic carbocycles. The molecule has 0 radical (unpaired) electrons. The van der Waals surface area contributed by atoms with Crippen LogP contribution < -0.4 is 4.74 Å². The van der Waals surface area contributed by atoms with Crippen LogP contribution in [0, 0.1) is 11.8 Å². The van der Waals surface area contributed by atoms with Crippen molar-refractivity contribution in [2.45, 2.75) is 13.0 Å². The number of ether oxygens (including phenoxy) is 1. The summed E-state index contributed by atoms with van der Waals surface area (Å²) in [6, 6.07) is 16.5. The molecule has 106 valence electrons. The fourth-order valence-corrected chi connectivity index (χ4v) is 2.63. The van der Waals surface area contributed by atoms with Gasteiger partial charge in [0.05, 0.1) is 13.7 Å². The maximum atomic E-state index is 5.31. The predicted octanol–water partition coefficient (Wildman–Crippen LogP) is 3.11. The average Bonchev–Trinajstić information content (AvgIpc) is 2.55. The monoisotopic (exact) mass is 277 g/mol. The van der Waals surface area contributed by atoms with Gasteiger partial charge in [0.25, 0.3) is 0 Å². The molecule has 0 saturated heterocycles. The standard InChI is InChI=1S/C19H19NO/c1-21-19-10-9-17-11-13-20(15-18(17)14-19)12-5-8-16-6-3-2-4-7-16/h2-4,6-7,9-10,14H,11-13,15H2,1H3. The Morgan fingerprint density at radius 3 is 2.76 bits per heavy atom. The Morgan fingerprint density at radius 1 is 1.10 bits per heavy atom. The first-order valence-corrected chi connectivity index (χ1v) is 7.27. The van der Waals surface area contributed by atoms with Gasteiger partial charge in [-0.1, -0.05) is 36.1 Å². The Bertz CT molecular complexity index is 667. The third kappa shape index (κ3) is 3.45. The molecule has 0 atom stereocenters. The molecule has 0 amide bonds. The second-order valence-electron chi connectivity index (χ2n) is 5.26. The Balaban J connectivity index is 1.65. The molecule has 0 saturated carbocycles. The highest BCUT2D eigenvalue weighted by Crippen LogP contribution is 2.23. The van der Waals surface area contributed by atoms with Crippen LogP contribution in [0.3, 0.4) is 0 Å². The lowest BCUT2D eigenvalue weighted by molar-refractivity contribution is 0.285. The highest BCUT2D eigenvalue weighted by molar-refractivity contribution is 5.37. The molecule has 2 nitrogen and oxygen atoms in total. The minimum atomic E-state index is 0.811. The Morgan fingerprint density at radius 2 is 1.95 bits per heavy atom. The lowest BCUT2D eigenvalue weighted by Crippen LogP contribution is -2.30. The van der Waals surface area contributed by atoms with E-state index in [0.717, 1.165) is 37.4 Å². The van der Waals surface area contributed by atoms with Crippen molar-refractivity contribution in [1.82, 2.24) is 4.90 Å². The number of fused-ring (bicyclic) bond motifs is 1. The Labute approximate surface area is 126 Å². The molecule has 0 aromatic heterocycles. The van der Waals surface area contributed by atoms with Crippen LogP contribution in [0.1, 0.15) is 16.7 Å². The zero-order valence-electron chi connectivity index (χ0n) is 12.3. The van der Waals surface area contributed by atoms with Gasteiger partial charge in [0, 0.05) is 18.7 Å². The van der Waals surface area contributed by atoms with E-state index in [4.69, 9.17) is 4.74 Å². The first-order valence-electron chi connectivity index (χ1n) is 7.27. The first kappa shape index (κ1) is 13.7. The fourth-order valence-electron chi connectivity index (χ4n) is 2.63. The SMILES string of the molecule is COc1ccc2c(c1)CN(CC#Cc1ccccc1)CC2. The molecule has 1 aliphatic heterocycles. The summed E-state index contributed by atoms with van der Waals surface area (Å²) < 4.78 is 5.31. The van der Waals surface area contributed by atoms with Crippen molar-refractivity contribution in [3.63, 3.8) is 0 Å². The highest BCUT2D eigenvalue weighted by atomic mass is 16.5. The van der Waals surface area contributed by atoms with Crippen LogP contribution in [0.2, 0.25) is 0 Å². The van der Waals surface area contributed by atoms with Crippen LogP contribution in [0.25, 0.3) is 0 Å². The molecule has 2 aromatic rings. The van der Waals surface area contributed by atoms with Crippen LogP contribution in [-0.4, -0.2) is 25.1 Å². The van der Waals surface area contributed by atoms with Gasteiger partial charge in [-0.05, 0) is 41.8 Å². The molecule has 0 N–H and O–H groups in total. The fraction of sp³-hybridized carbons (Fsp3) is 0.263. The Hall–Kier alpha value is -2.24. The number of rotatable bonds is 2. The van der Waals surface area contributed by atoms with Crippen LogP contribution >= 0.6 is 0 Å². The van der Waals surface area contributed by atoms with E-state index in [0.29, 0.717) is 0 Å². The zero-order valence-corrected chi connectivity index (χ0v) is 12.3. The molecule has 0 unspecified atom stereocenters. The largest absolute Gasteiger partial charge is 0.497 e. The van der Waals surface area contributed by atoms with Gasteiger partial charge < -0.3 is 4.74 Å². The molecular formula is C19H19NO. The van der Waals surface area contributed by atoms with Gasteiger partial charge in [0.2, 0.25) is 0 Å². The second-order valence-corrected chi connectivity index (χ2v) is 5.26. The number of benzene rings is 2. The summed E-state index contributed by atoms with van der Waals surface area (Å²) in [4.78, 5) is 2.39. The summed E-state index contributed by atoms with van der Waals surface area (Å²) in [6.45, 7) is 2.84. The van der Waals surface area contributed by atoms with E-state index >= 15 is 0 Å². The van der Waals surface area contributed by atoms with Gasteiger partial charge >= 0.3 is 0 Å². The first-order chi connectivity index (χ1) is 10.3. The van der Waals surface area contributed by atoms with Crippen molar-refractivity contribution in [2.24, 2.45) is 0 Å². The van der Waals surface area contributed by atoms with Gasteiger partial charge in [-0.3, -0.25) is 4.90 Å². The summed E-state index contributed by atoms with van der Waals surface area (Å²) >= 11 is 0. The van der Waals surface area contributed by atoms with Crippen LogP contribution in [0.4, 0.5) is 0 Å². The quantitative estimate of drug-likeness (QED) is 0.782. The highest BCUT2D eigenvalue weighted by Gasteiger charge is 2.15. The molecule has 2 aromatic carbocycles. The summed E-state index contributed by atoms with van der Waals surface area (Å²) in [5.41, 5.74) is 3.88. The molecule has 3 rings (SSSR count). The normalized spacial score (nSPS) is 14.0. The third-order valence-electron chi connectivity index (χ3n) is 3.81. The van der Waals surface area contributed by atoms with E-state index in [1.165, 1.54) is 11.1 Å². The minimum Gasteiger partial charge on any atom is -0.497 e. The van der Waals surface area contributed by atoms with Gasteiger partial charge in [-0.25, -0.2) is 0 Å². The van der Waals surface area contributed by atoms with Crippen molar-refractivity contribution in [1.29, 1.82) is 0 Å². The number of methoxy groups -OCH3 is 1. The molecule has 21 heavy (non-hydrogen) atoms. The Kier molecular flexibility index (Phi) is 4.23. The van der Waals surface area contributed by atoms with Crippen molar-refractivity contribution >= 4 is 0 Å². The van der Waals surface area contributed by atoms with E-state index in [-0.39, 0.29) is 0 Å². The molecule has 1 aliphatic rings. The molecule has 0 bridgehead atoms. The summed E-state index contributed by atoms with van der Waals surface area (Å²) in [5.74, 6) is 7.43. The van der Waals surface area contributed by atoms with Crippen molar-refractivity contribution in [2.75, 3.05) is 20.2 Å². The maximum Gasteiger partial charge on any atom is 0.119 e. The van der Waals surface area contributed by atoms with E-state index in [1.54, 1.807) is 7.11 Å². The second kappa shape index (κ2) is 6.47. The molecular weight excluding hydrogens is 258 g/mol. The smallest absolute Gasteiger partial charge is 0.119 e. The van der Waals surface area contributed by atoms with E-state index in [9.17, 15) is 0 Å². The van der Waals surface area contributed by atoms with Crippen molar-refractivity contribution in [3.8, 4) is 17.6 Å². The average molecular weight is 277 g/mol. The van der Waals surface area contributed by atoms with Gasteiger partial charge in [0.15, 0.2) is 0 Å². The van der Waals surface area contributed by atoms with Crippen LogP contribution in [-0.2, 0) is 13.0 Å². The van der Waals surface area contributed by atoms with Crippen LogP contribution in [0.15, 0.2) is 48.5 Å². The predicted molar refractivity (Wildman–Crippen MR) is 85.3 cm³/mol. The number of hydrogen-bond donors (Lipinski definition) is 0. The van der Waals surface area contributed by atoms with Crippen molar-refractivity contribution in [3.05, 3.63) is 65.2 Å². The maximum absolute atomic E-state index is 5.31. The molecule has 0 fully saturated rings. The summed E-state index contributed by atoms with van der Waals surface area (Å²) in [6.07, 6.45) is 1.09. The van der Waals surface area contributed by atoms with Crippen molar-refractivity contribution < 1.29 is 4.74 Å². The minimum absolute atomic E-state index is 0.811. The van der Waals surface area contributed by atoms with E-state index in [1.807, 2.05) is 36.4 Å². The van der Waals surface area contributed by atoms with Crippen LogP contribution in [0.5, 0.6) is 5.75 Å². The number of hydrogen-bond acceptors (Lipinski definition) is 2. The van der Waals surface area contributed by atoms with Gasteiger partial charge in [-0.2, -0.15) is 0 Å². The lowest BCUT2D eigenvalue weighted by Gasteiger charge is -2.27. The lowest BCUT2D eigenvalue weighted by atomic mass is 9.99. The van der Waals surface area contributed by atoms with E-state index < -0.39 is 0 Å². The number of nitrogens with zero attached hydrogens (tertiary/aromatic N) is 1. The zero-order chi connectivity index (χ0) is 14.5. The molecule has 2 heteroatoms. The summed E-state index contributed by atoms with van der Waals surface area (Å²) in [7, 11) is 1.72.